The molecule has 0 amide bonds. The Morgan fingerprint density at radius 2 is 2.12 bits per heavy atom. The fraction of sp³-hybridized carbons (Fsp3) is 0.167. The summed E-state index contributed by atoms with van der Waals surface area (Å²) in [7, 11) is 0. The average molecular weight is 247 g/mol. The molecule has 0 radical (unpaired) electrons. The molecular formula is C12H10FN3S. The first kappa shape index (κ1) is 10.4. The van der Waals surface area contributed by atoms with Crippen LogP contribution in [0.15, 0.2) is 24.7 Å². The highest BCUT2D eigenvalue weighted by atomic mass is 32.1. The highest BCUT2D eigenvalue weighted by molar-refractivity contribution is 7.17. The SMILES string of the molecule is Cc1sc2nc(-c3cncc(F)c3)cn2c1C. The van der Waals surface area contributed by atoms with Gasteiger partial charge in [-0.1, -0.05) is 0 Å². The van der Waals surface area contributed by atoms with Crippen molar-refractivity contribution in [3.05, 3.63) is 41.0 Å². The van der Waals surface area contributed by atoms with Crippen LogP contribution in [0.25, 0.3) is 16.2 Å². The van der Waals surface area contributed by atoms with E-state index in [2.05, 4.69) is 16.9 Å². The van der Waals surface area contributed by atoms with Gasteiger partial charge in [-0.05, 0) is 19.9 Å². The molecule has 86 valence electrons. The van der Waals surface area contributed by atoms with Gasteiger partial charge in [0.2, 0.25) is 0 Å². The third-order valence-electron chi connectivity index (χ3n) is 2.79. The van der Waals surface area contributed by atoms with Crippen LogP contribution in [-0.4, -0.2) is 14.4 Å². The molecule has 0 aliphatic carbocycles. The molecule has 0 fully saturated rings. The third kappa shape index (κ3) is 1.63. The highest BCUT2D eigenvalue weighted by Gasteiger charge is 2.10. The zero-order chi connectivity index (χ0) is 12.0. The maximum atomic E-state index is 13.1. The normalized spacial score (nSPS) is 11.2. The van der Waals surface area contributed by atoms with Crippen molar-refractivity contribution < 1.29 is 4.39 Å². The Kier molecular flexibility index (Phi) is 2.22. The minimum atomic E-state index is -0.341. The van der Waals surface area contributed by atoms with E-state index in [-0.39, 0.29) is 5.82 Å². The van der Waals surface area contributed by atoms with Gasteiger partial charge in [0.1, 0.15) is 5.82 Å². The lowest BCUT2D eigenvalue weighted by Crippen LogP contribution is -1.84. The Balaban J connectivity index is 2.19. The van der Waals surface area contributed by atoms with Gasteiger partial charge in [-0.3, -0.25) is 9.38 Å². The van der Waals surface area contributed by atoms with Crippen molar-refractivity contribution in [3.8, 4) is 11.3 Å². The number of thiazole rings is 1. The van der Waals surface area contributed by atoms with Crippen molar-refractivity contribution in [2.24, 2.45) is 0 Å². The van der Waals surface area contributed by atoms with Gasteiger partial charge in [0.05, 0.1) is 11.9 Å². The summed E-state index contributed by atoms with van der Waals surface area (Å²) in [5, 5.41) is 0. The van der Waals surface area contributed by atoms with Crippen LogP contribution in [0.4, 0.5) is 4.39 Å². The second-order valence-corrected chi connectivity index (χ2v) is 5.10. The summed E-state index contributed by atoms with van der Waals surface area (Å²) in [6.45, 7) is 4.12. The van der Waals surface area contributed by atoms with Crippen LogP contribution >= 0.6 is 11.3 Å². The molecule has 0 spiro atoms. The fourth-order valence-corrected chi connectivity index (χ4v) is 2.70. The predicted molar refractivity (Wildman–Crippen MR) is 65.7 cm³/mol. The second kappa shape index (κ2) is 3.63. The topological polar surface area (TPSA) is 30.2 Å². The van der Waals surface area contributed by atoms with E-state index in [1.54, 1.807) is 17.5 Å². The largest absolute Gasteiger partial charge is 0.294 e. The number of imidazole rings is 1. The number of hydrogen-bond acceptors (Lipinski definition) is 3. The first-order valence-corrected chi connectivity index (χ1v) is 6.03. The maximum absolute atomic E-state index is 13.1. The smallest absolute Gasteiger partial charge is 0.194 e. The van der Waals surface area contributed by atoms with Gasteiger partial charge in [-0.25, -0.2) is 9.37 Å². The summed E-state index contributed by atoms with van der Waals surface area (Å²) in [4.78, 5) is 10.5. The van der Waals surface area contributed by atoms with Crippen molar-refractivity contribution in [2.45, 2.75) is 13.8 Å². The number of hydrogen-bond donors (Lipinski definition) is 0. The molecule has 0 aromatic carbocycles. The molecule has 0 aliphatic rings. The summed E-state index contributed by atoms with van der Waals surface area (Å²) < 4.78 is 15.1. The predicted octanol–water partition coefficient (Wildman–Crippen LogP) is 3.21. The Labute approximate surface area is 102 Å². The lowest BCUT2D eigenvalue weighted by Gasteiger charge is -1.95. The maximum Gasteiger partial charge on any atom is 0.194 e. The summed E-state index contributed by atoms with van der Waals surface area (Å²) in [5.74, 6) is -0.341. The summed E-state index contributed by atoms with van der Waals surface area (Å²) in [6.07, 6.45) is 4.74. The fourth-order valence-electron chi connectivity index (χ4n) is 1.75. The van der Waals surface area contributed by atoms with E-state index in [0.29, 0.717) is 5.56 Å². The third-order valence-corrected chi connectivity index (χ3v) is 3.86. The number of nitrogens with zero attached hydrogens (tertiary/aromatic N) is 3. The lowest BCUT2D eigenvalue weighted by molar-refractivity contribution is 0.622. The van der Waals surface area contributed by atoms with Crippen LogP contribution in [-0.2, 0) is 0 Å². The van der Waals surface area contributed by atoms with Gasteiger partial charge in [-0.2, -0.15) is 0 Å². The molecule has 0 aliphatic heterocycles. The standard InChI is InChI=1S/C12H10FN3S/c1-7-8(2)17-12-15-11(6-16(7)12)9-3-10(13)5-14-4-9/h3-6H,1-2H3. The molecule has 5 heteroatoms. The van der Waals surface area contributed by atoms with Gasteiger partial charge in [-0.15, -0.1) is 11.3 Å². The monoisotopic (exact) mass is 247 g/mol. The van der Waals surface area contributed by atoms with Crippen LogP contribution in [0.3, 0.4) is 0 Å². The minimum absolute atomic E-state index is 0.341. The van der Waals surface area contributed by atoms with Crippen LogP contribution in [0, 0.1) is 19.7 Å². The number of aromatic nitrogens is 3. The molecule has 0 unspecified atom stereocenters. The first-order chi connectivity index (χ1) is 8.15. The van der Waals surface area contributed by atoms with E-state index in [0.717, 1.165) is 10.7 Å². The first-order valence-electron chi connectivity index (χ1n) is 5.21. The van der Waals surface area contributed by atoms with Crippen molar-refractivity contribution in [2.75, 3.05) is 0 Å². The summed E-state index contributed by atoms with van der Waals surface area (Å²) >= 11 is 1.64. The molecule has 0 N–H and O–H groups in total. The molecule has 0 atom stereocenters. The number of rotatable bonds is 1. The van der Waals surface area contributed by atoms with Gasteiger partial charge in [0.25, 0.3) is 0 Å². The van der Waals surface area contributed by atoms with Crippen LogP contribution in [0.1, 0.15) is 10.6 Å². The Morgan fingerprint density at radius 3 is 2.82 bits per heavy atom. The van der Waals surface area contributed by atoms with Gasteiger partial charge in [0.15, 0.2) is 4.96 Å². The molecule has 0 saturated carbocycles. The molecule has 0 saturated heterocycles. The number of aryl methyl sites for hydroxylation is 2. The average Bonchev–Trinajstić information content (AvgIpc) is 2.81. The second-order valence-electron chi connectivity index (χ2n) is 3.91. The van der Waals surface area contributed by atoms with Gasteiger partial charge >= 0.3 is 0 Å². The molecule has 3 aromatic rings. The van der Waals surface area contributed by atoms with Gasteiger partial charge in [0, 0.05) is 28.5 Å². The molecule has 3 rings (SSSR count). The van der Waals surface area contributed by atoms with E-state index >= 15 is 0 Å². The van der Waals surface area contributed by atoms with E-state index in [9.17, 15) is 4.39 Å². The zero-order valence-electron chi connectivity index (χ0n) is 9.44. The molecule has 3 nitrogen and oxygen atoms in total. The van der Waals surface area contributed by atoms with E-state index < -0.39 is 0 Å². The highest BCUT2D eigenvalue weighted by Crippen LogP contribution is 2.26. The number of pyridine rings is 1. The van der Waals surface area contributed by atoms with E-state index in [4.69, 9.17) is 0 Å². The van der Waals surface area contributed by atoms with Crippen LogP contribution in [0.5, 0.6) is 0 Å². The molecule has 17 heavy (non-hydrogen) atoms. The van der Waals surface area contributed by atoms with Gasteiger partial charge < -0.3 is 0 Å². The van der Waals surface area contributed by atoms with Crippen molar-refractivity contribution in [1.82, 2.24) is 14.4 Å². The molecule has 0 bridgehead atoms. The number of fused-ring (bicyclic) bond motifs is 1. The summed E-state index contributed by atoms with van der Waals surface area (Å²) in [5.41, 5.74) is 2.64. The minimum Gasteiger partial charge on any atom is -0.294 e. The van der Waals surface area contributed by atoms with E-state index in [1.165, 1.54) is 22.8 Å². The van der Waals surface area contributed by atoms with Crippen molar-refractivity contribution >= 4 is 16.3 Å². The molecule has 3 aromatic heterocycles. The Bertz CT molecular complexity index is 699. The van der Waals surface area contributed by atoms with Crippen LogP contribution in [0.2, 0.25) is 0 Å². The van der Waals surface area contributed by atoms with Crippen LogP contribution < -0.4 is 0 Å². The van der Waals surface area contributed by atoms with Crippen molar-refractivity contribution in [1.29, 1.82) is 0 Å². The zero-order valence-corrected chi connectivity index (χ0v) is 10.3. The summed E-state index contributed by atoms with van der Waals surface area (Å²) in [6, 6.07) is 1.45. The molecular weight excluding hydrogens is 237 g/mol. The van der Waals surface area contributed by atoms with E-state index in [1.807, 2.05) is 17.5 Å². The number of halogens is 1. The lowest BCUT2D eigenvalue weighted by atomic mass is 10.2. The Hall–Kier alpha value is -1.75. The quantitative estimate of drug-likeness (QED) is 0.661. The molecule has 3 heterocycles. The van der Waals surface area contributed by atoms with Crippen molar-refractivity contribution in [3.63, 3.8) is 0 Å². The Morgan fingerprint density at radius 1 is 1.29 bits per heavy atom.